The maximum atomic E-state index is 12.7. The summed E-state index contributed by atoms with van der Waals surface area (Å²) in [4.78, 5) is 12.7. The summed E-state index contributed by atoms with van der Waals surface area (Å²) >= 11 is 0. The Morgan fingerprint density at radius 2 is 1.80 bits per heavy atom. The summed E-state index contributed by atoms with van der Waals surface area (Å²) in [5.74, 6) is -0.107. The number of aromatic hydroxyl groups is 2. The quantitative estimate of drug-likeness (QED) is 0.487. The number of fused-ring (bicyclic) bond motifs is 3. The third-order valence-electron chi connectivity index (χ3n) is 4.16. The predicted molar refractivity (Wildman–Crippen MR) is 91.5 cm³/mol. The molecule has 25 heavy (non-hydrogen) atoms. The van der Waals surface area contributed by atoms with E-state index in [1.54, 1.807) is 13.0 Å². The zero-order chi connectivity index (χ0) is 18.3. The lowest BCUT2D eigenvalue weighted by molar-refractivity contribution is 0.104. The molecule has 1 unspecified atom stereocenters. The molecular weight excluding hydrogens is 324 g/mol. The van der Waals surface area contributed by atoms with Crippen molar-refractivity contribution in [2.45, 2.75) is 13.0 Å². The number of aliphatic hydroxyl groups excluding tert-OH is 1. The average molecular weight is 342 g/mol. The highest BCUT2D eigenvalue weighted by Gasteiger charge is 2.35. The molecule has 6 heteroatoms. The molecule has 0 fully saturated rings. The number of ether oxygens (including phenoxy) is 2. The van der Waals surface area contributed by atoms with Crippen LogP contribution in [0.2, 0.25) is 0 Å². The molecule has 0 aliphatic heterocycles. The van der Waals surface area contributed by atoms with Gasteiger partial charge in [0.1, 0.15) is 35.7 Å². The molecule has 2 aromatic rings. The first-order valence-corrected chi connectivity index (χ1v) is 7.63. The summed E-state index contributed by atoms with van der Waals surface area (Å²) in [5.41, 5.74) is 1.50. The molecule has 1 aliphatic rings. The van der Waals surface area contributed by atoms with Gasteiger partial charge in [-0.2, -0.15) is 0 Å². The molecule has 1 atom stereocenters. The van der Waals surface area contributed by atoms with Gasteiger partial charge >= 0.3 is 0 Å². The highest BCUT2D eigenvalue weighted by molar-refractivity contribution is 6.25. The summed E-state index contributed by atoms with van der Waals surface area (Å²) in [5, 5.41) is 30.0. The lowest BCUT2D eigenvalue weighted by atomic mass is 10.0. The monoisotopic (exact) mass is 342 g/mol. The second-order valence-electron chi connectivity index (χ2n) is 5.90. The molecule has 0 bridgehead atoms. The van der Waals surface area contributed by atoms with E-state index in [0.717, 1.165) is 0 Å². The smallest absolute Gasteiger partial charge is 0.198 e. The van der Waals surface area contributed by atoms with Crippen LogP contribution < -0.4 is 9.47 Å². The van der Waals surface area contributed by atoms with Gasteiger partial charge in [0.2, 0.25) is 0 Å². The second-order valence-corrected chi connectivity index (χ2v) is 5.90. The molecule has 2 aromatic carbocycles. The number of hydrogen-bond acceptors (Lipinski definition) is 6. The number of ketones is 1. The Balaban J connectivity index is 2.09. The SMILES string of the molecule is C=C(C)C(O)COc1cc(OC)c2c(c1)C(=O)c1c(O)ccc(O)c1-2. The van der Waals surface area contributed by atoms with E-state index >= 15 is 0 Å². The van der Waals surface area contributed by atoms with Gasteiger partial charge in [-0.3, -0.25) is 4.79 Å². The molecule has 0 heterocycles. The van der Waals surface area contributed by atoms with E-state index in [-0.39, 0.29) is 34.8 Å². The lowest BCUT2D eigenvalue weighted by Crippen LogP contribution is -2.18. The number of hydrogen-bond donors (Lipinski definition) is 3. The fourth-order valence-corrected chi connectivity index (χ4v) is 2.79. The van der Waals surface area contributed by atoms with Crippen molar-refractivity contribution in [2.75, 3.05) is 13.7 Å². The first-order valence-electron chi connectivity index (χ1n) is 7.63. The molecular formula is C19H18O6. The van der Waals surface area contributed by atoms with E-state index in [4.69, 9.17) is 9.47 Å². The highest BCUT2D eigenvalue weighted by atomic mass is 16.5. The molecule has 0 saturated heterocycles. The van der Waals surface area contributed by atoms with Crippen molar-refractivity contribution in [3.63, 3.8) is 0 Å². The first-order chi connectivity index (χ1) is 11.8. The van der Waals surface area contributed by atoms with Crippen LogP contribution in [0.15, 0.2) is 36.4 Å². The first kappa shape index (κ1) is 16.9. The molecule has 0 aromatic heterocycles. The Hall–Kier alpha value is -2.99. The van der Waals surface area contributed by atoms with Crippen molar-refractivity contribution >= 4 is 5.78 Å². The number of phenols is 2. The Kier molecular flexibility index (Phi) is 4.14. The van der Waals surface area contributed by atoms with Crippen LogP contribution in [0.5, 0.6) is 23.0 Å². The largest absolute Gasteiger partial charge is 0.507 e. The number of phenolic OH excluding ortho intramolecular Hbond substituents is 2. The molecule has 0 spiro atoms. The van der Waals surface area contributed by atoms with Crippen molar-refractivity contribution < 1.29 is 29.6 Å². The average Bonchev–Trinajstić information content (AvgIpc) is 2.89. The highest BCUT2D eigenvalue weighted by Crippen LogP contribution is 2.50. The van der Waals surface area contributed by atoms with Gasteiger partial charge in [0.15, 0.2) is 5.78 Å². The van der Waals surface area contributed by atoms with Crippen molar-refractivity contribution in [3.8, 4) is 34.1 Å². The Morgan fingerprint density at radius 1 is 1.16 bits per heavy atom. The molecule has 3 rings (SSSR count). The fraction of sp³-hybridized carbons (Fsp3) is 0.211. The maximum Gasteiger partial charge on any atom is 0.198 e. The van der Waals surface area contributed by atoms with Gasteiger partial charge < -0.3 is 24.8 Å². The van der Waals surface area contributed by atoms with Crippen molar-refractivity contribution in [1.29, 1.82) is 0 Å². The number of carbonyl (C=O) groups excluding carboxylic acids is 1. The molecule has 3 N–H and O–H groups in total. The second kappa shape index (κ2) is 6.14. The molecule has 130 valence electrons. The normalized spacial score (nSPS) is 13.2. The van der Waals surface area contributed by atoms with Gasteiger partial charge in [0.25, 0.3) is 0 Å². The van der Waals surface area contributed by atoms with Crippen LogP contribution in [0.3, 0.4) is 0 Å². The minimum Gasteiger partial charge on any atom is -0.507 e. The van der Waals surface area contributed by atoms with Gasteiger partial charge in [-0.05, 0) is 30.7 Å². The van der Waals surface area contributed by atoms with Gasteiger partial charge in [-0.1, -0.05) is 6.58 Å². The van der Waals surface area contributed by atoms with Crippen molar-refractivity contribution in [1.82, 2.24) is 0 Å². The molecule has 0 saturated carbocycles. The molecule has 6 nitrogen and oxygen atoms in total. The summed E-state index contributed by atoms with van der Waals surface area (Å²) in [6.07, 6.45) is -0.833. The Labute approximate surface area is 144 Å². The van der Waals surface area contributed by atoms with Gasteiger partial charge in [-0.15, -0.1) is 0 Å². The van der Waals surface area contributed by atoms with Crippen LogP contribution in [0.25, 0.3) is 11.1 Å². The fourth-order valence-electron chi connectivity index (χ4n) is 2.79. The maximum absolute atomic E-state index is 12.7. The molecule has 0 amide bonds. The van der Waals surface area contributed by atoms with Crippen LogP contribution in [0.1, 0.15) is 22.8 Å². The Morgan fingerprint density at radius 3 is 2.40 bits per heavy atom. The van der Waals surface area contributed by atoms with E-state index in [1.165, 1.54) is 25.3 Å². The third-order valence-corrected chi connectivity index (χ3v) is 4.16. The summed E-state index contributed by atoms with van der Waals surface area (Å²) in [6, 6.07) is 5.66. The van der Waals surface area contributed by atoms with Crippen LogP contribution in [-0.4, -0.2) is 40.9 Å². The van der Waals surface area contributed by atoms with Gasteiger partial charge in [0, 0.05) is 22.8 Å². The predicted octanol–water partition coefficient (Wildman–Crippen LogP) is 2.63. The minimum atomic E-state index is -0.833. The zero-order valence-corrected chi connectivity index (χ0v) is 13.9. The topological polar surface area (TPSA) is 96.2 Å². The number of rotatable bonds is 5. The molecule has 0 radical (unpaired) electrons. The van der Waals surface area contributed by atoms with Crippen molar-refractivity contribution in [2.24, 2.45) is 0 Å². The number of methoxy groups -OCH3 is 1. The summed E-state index contributed by atoms with van der Waals surface area (Å²) in [6.45, 7) is 5.32. The van der Waals surface area contributed by atoms with E-state index in [1.807, 2.05) is 0 Å². The van der Waals surface area contributed by atoms with E-state index in [0.29, 0.717) is 22.6 Å². The van der Waals surface area contributed by atoms with Crippen molar-refractivity contribution in [3.05, 3.63) is 47.5 Å². The number of aliphatic hydroxyl groups is 1. The van der Waals surface area contributed by atoms with Crippen LogP contribution in [0.4, 0.5) is 0 Å². The van der Waals surface area contributed by atoms with Crippen LogP contribution in [0, 0.1) is 0 Å². The van der Waals surface area contributed by atoms with E-state index in [9.17, 15) is 20.1 Å². The zero-order valence-electron chi connectivity index (χ0n) is 13.9. The standard InChI is InChI=1S/C19H18O6/c1-9(2)14(22)8-25-10-6-11-16(15(7-10)24-3)17-12(20)4-5-13(21)18(17)19(11)23/h4-7,14,20-22H,1,8H2,2-3H3. The van der Waals surface area contributed by atoms with E-state index in [2.05, 4.69) is 6.58 Å². The van der Waals surface area contributed by atoms with Gasteiger partial charge in [0.05, 0.1) is 12.7 Å². The van der Waals surface area contributed by atoms with Gasteiger partial charge in [-0.25, -0.2) is 0 Å². The van der Waals surface area contributed by atoms with E-state index < -0.39 is 11.9 Å². The molecule has 1 aliphatic carbocycles. The van der Waals surface area contributed by atoms with Crippen LogP contribution >= 0.6 is 0 Å². The lowest BCUT2D eigenvalue weighted by Gasteiger charge is -2.15. The number of benzene rings is 2. The van der Waals surface area contributed by atoms with Crippen LogP contribution in [-0.2, 0) is 0 Å². The summed E-state index contributed by atoms with van der Waals surface area (Å²) in [7, 11) is 1.43. The summed E-state index contributed by atoms with van der Waals surface area (Å²) < 4.78 is 10.9. The third kappa shape index (κ3) is 2.70. The minimum absolute atomic E-state index is 0.0189. The number of carbonyl (C=O) groups is 1. The Bertz CT molecular complexity index is 884.